The number of hydrogen-bond donors (Lipinski definition) is 1. The molecule has 1 aromatic carbocycles. The van der Waals surface area contributed by atoms with Crippen LogP contribution in [0.1, 0.15) is 27.7 Å². The van der Waals surface area contributed by atoms with E-state index in [0.717, 1.165) is 5.69 Å². The average molecular weight is 255 g/mol. The second-order valence-corrected chi connectivity index (χ2v) is 2.62. The van der Waals surface area contributed by atoms with Gasteiger partial charge in [0.25, 0.3) is 0 Å². The van der Waals surface area contributed by atoms with E-state index in [0.29, 0.717) is 6.61 Å². The Kier molecular flexibility index (Phi) is 16.1. The van der Waals surface area contributed by atoms with Gasteiger partial charge in [0.15, 0.2) is 0 Å². The number of methoxy groups -OCH3 is 1. The van der Waals surface area contributed by atoms with Crippen molar-refractivity contribution >= 4 is 11.8 Å². The molecular weight excluding hydrogens is 230 g/mol. The Morgan fingerprint density at radius 3 is 2.11 bits per heavy atom. The summed E-state index contributed by atoms with van der Waals surface area (Å²) in [5.74, 6) is 0. The van der Waals surface area contributed by atoms with E-state index in [1.807, 2.05) is 45.9 Å². The lowest BCUT2D eigenvalue weighted by atomic mass is 10.3. The van der Waals surface area contributed by atoms with E-state index >= 15 is 0 Å². The van der Waals surface area contributed by atoms with E-state index in [2.05, 4.69) is 5.32 Å². The van der Waals surface area contributed by atoms with Gasteiger partial charge >= 0.3 is 6.09 Å². The third-order valence-corrected chi connectivity index (χ3v) is 1.54. The second kappa shape index (κ2) is 15.4. The smallest absolute Gasteiger partial charge is 0.411 e. The predicted octanol–water partition coefficient (Wildman–Crippen LogP) is 3.93. The number of ether oxygens (including phenoxy) is 2. The summed E-state index contributed by atoms with van der Waals surface area (Å²) in [5, 5.41) is 2.58. The number of hydrogen-bond acceptors (Lipinski definition) is 3. The monoisotopic (exact) mass is 255 g/mol. The SMILES string of the molecule is CC.CC.COCCOC(=O)Nc1ccccc1. The van der Waals surface area contributed by atoms with Crippen molar-refractivity contribution in [3.63, 3.8) is 0 Å². The Morgan fingerprint density at radius 1 is 1.06 bits per heavy atom. The first kappa shape index (κ1) is 18.8. The van der Waals surface area contributed by atoms with Gasteiger partial charge in [-0.3, -0.25) is 5.32 Å². The highest BCUT2D eigenvalue weighted by molar-refractivity contribution is 5.84. The fraction of sp³-hybridized carbons (Fsp3) is 0.500. The number of rotatable bonds is 4. The Hall–Kier alpha value is -1.55. The van der Waals surface area contributed by atoms with Crippen molar-refractivity contribution in [3.8, 4) is 0 Å². The van der Waals surface area contributed by atoms with Crippen LogP contribution in [0, 0.1) is 0 Å². The maximum absolute atomic E-state index is 11.1. The third kappa shape index (κ3) is 11.0. The molecule has 4 nitrogen and oxygen atoms in total. The maximum atomic E-state index is 11.1. The Labute approximate surface area is 110 Å². The summed E-state index contributed by atoms with van der Waals surface area (Å²) in [6.07, 6.45) is -0.465. The minimum absolute atomic E-state index is 0.259. The van der Waals surface area contributed by atoms with Crippen molar-refractivity contribution in [3.05, 3.63) is 30.3 Å². The molecule has 1 aromatic rings. The van der Waals surface area contributed by atoms with Crippen LogP contribution >= 0.6 is 0 Å². The lowest BCUT2D eigenvalue weighted by Crippen LogP contribution is -2.16. The molecule has 1 N–H and O–H groups in total. The molecular formula is C14H25NO3. The van der Waals surface area contributed by atoms with E-state index in [1.54, 1.807) is 19.2 Å². The van der Waals surface area contributed by atoms with Crippen molar-refractivity contribution in [2.24, 2.45) is 0 Å². The van der Waals surface area contributed by atoms with Gasteiger partial charge in [0, 0.05) is 12.8 Å². The van der Waals surface area contributed by atoms with Gasteiger partial charge in [0.05, 0.1) is 6.61 Å². The first-order valence-electron chi connectivity index (χ1n) is 6.30. The van der Waals surface area contributed by atoms with Crippen molar-refractivity contribution < 1.29 is 14.3 Å². The summed E-state index contributed by atoms with van der Waals surface area (Å²) in [6, 6.07) is 9.13. The van der Waals surface area contributed by atoms with Gasteiger partial charge in [-0.05, 0) is 12.1 Å². The quantitative estimate of drug-likeness (QED) is 0.829. The highest BCUT2D eigenvalue weighted by Gasteiger charge is 2.00. The molecule has 0 spiro atoms. The topological polar surface area (TPSA) is 47.6 Å². The summed E-state index contributed by atoms with van der Waals surface area (Å²) in [6.45, 7) is 8.66. The van der Waals surface area contributed by atoms with Gasteiger partial charge in [-0.1, -0.05) is 45.9 Å². The minimum Gasteiger partial charge on any atom is -0.447 e. The number of anilines is 1. The summed E-state index contributed by atoms with van der Waals surface area (Å²) in [5.41, 5.74) is 0.718. The molecule has 104 valence electrons. The van der Waals surface area contributed by atoms with Gasteiger partial charge < -0.3 is 9.47 Å². The van der Waals surface area contributed by atoms with Crippen molar-refractivity contribution in [2.45, 2.75) is 27.7 Å². The zero-order chi connectivity index (χ0) is 14.2. The molecule has 0 atom stereocenters. The van der Waals surface area contributed by atoms with Crippen LogP contribution in [0.15, 0.2) is 30.3 Å². The van der Waals surface area contributed by atoms with Crippen LogP contribution in [0.2, 0.25) is 0 Å². The van der Waals surface area contributed by atoms with Crippen LogP contribution < -0.4 is 5.32 Å². The average Bonchev–Trinajstić information content (AvgIpc) is 2.45. The molecule has 0 unspecified atom stereocenters. The summed E-state index contributed by atoms with van der Waals surface area (Å²) < 4.78 is 9.55. The molecule has 0 aliphatic heterocycles. The molecule has 0 bridgehead atoms. The number of carbonyl (C=O) groups excluding carboxylic acids is 1. The molecule has 0 radical (unpaired) electrons. The first-order chi connectivity index (χ1) is 8.83. The van der Waals surface area contributed by atoms with Crippen LogP contribution in [-0.4, -0.2) is 26.4 Å². The number of benzene rings is 1. The number of amides is 1. The van der Waals surface area contributed by atoms with E-state index < -0.39 is 6.09 Å². The highest BCUT2D eigenvalue weighted by atomic mass is 16.6. The Bertz CT molecular complexity index is 276. The Balaban J connectivity index is 0. The molecule has 0 saturated heterocycles. The van der Waals surface area contributed by atoms with Gasteiger partial charge in [0.1, 0.15) is 6.61 Å². The van der Waals surface area contributed by atoms with Crippen LogP contribution in [0.25, 0.3) is 0 Å². The molecule has 0 fully saturated rings. The summed E-state index contributed by atoms with van der Waals surface area (Å²) in [4.78, 5) is 11.1. The molecule has 0 aliphatic carbocycles. The van der Waals surface area contributed by atoms with Crippen molar-refractivity contribution in [1.82, 2.24) is 0 Å². The summed E-state index contributed by atoms with van der Waals surface area (Å²) in [7, 11) is 1.55. The number of nitrogens with one attached hydrogen (secondary N) is 1. The molecule has 1 amide bonds. The van der Waals surface area contributed by atoms with E-state index in [-0.39, 0.29) is 6.61 Å². The minimum atomic E-state index is -0.465. The lowest BCUT2D eigenvalue weighted by molar-refractivity contribution is 0.107. The van der Waals surface area contributed by atoms with Gasteiger partial charge in [-0.15, -0.1) is 0 Å². The first-order valence-corrected chi connectivity index (χ1v) is 6.30. The molecule has 0 aromatic heterocycles. The normalized spacial score (nSPS) is 8.06. The molecule has 1 rings (SSSR count). The zero-order valence-electron chi connectivity index (χ0n) is 12.0. The number of carbonyl (C=O) groups is 1. The van der Waals surface area contributed by atoms with Gasteiger partial charge in [0.2, 0.25) is 0 Å². The van der Waals surface area contributed by atoms with Crippen molar-refractivity contribution in [1.29, 1.82) is 0 Å². The fourth-order valence-corrected chi connectivity index (χ4v) is 0.893. The molecule has 18 heavy (non-hydrogen) atoms. The van der Waals surface area contributed by atoms with Crippen LogP contribution in [0.5, 0.6) is 0 Å². The van der Waals surface area contributed by atoms with Gasteiger partial charge in [-0.2, -0.15) is 0 Å². The molecule has 0 aliphatic rings. The highest BCUT2D eigenvalue weighted by Crippen LogP contribution is 2.04. The summed E-state index contributed by atoms with van der Waals surface area (Å²) >= 11 is 0. The standard InChI is InChI=1S/C10H13NO3.2C2H6/c1-13-7-8-14-10(12)11-9-5-3-2-4-6-9;2*1-2/h2-6H,7-8H2,1H3,(H,11,12);2*1-2H3. The van der Waals surface area contributed by atoms with Crippen LogP contribution in [-0.2, 0) is 9.47 Å². The van der Waals surface area contributed by atoms with Gasteiger partial charge in [-0.25, -0.2) is 4.79 Å². The van der Waals surface area contributed by atoms with E-state index in [1.165, 1.54) is 0 Å². The lowest BCUT2D eigenvalue weighted by Gasteiger charge is -2.05. The predicted molar refractivity (Wildman–Crippen MR) is 76.0 cm³/mol. The molecule has 0 saturated carbocycles. The van der Waals surface area contributed by atoms with Crippen LogP contribution in [0.3, 0.4) is 0 Å². The molecule has 4 heteroatoms. The van der Waals surface area contributed by atoms with E-state index in [4.69, 9.17) is 9.47 Å². The fourth-order valence-electron chi connectivity index (χ4n) is 0.893. The number of para-hydroxylation sites is 1. The maximum Gasteiger partial charge on any atom is 0.411 e. The second-order valence-electron chi connectivity index (χ2n) is 2.62. The largest absolute Gasteiger partial charge is 0.447 e. The molecule has 0 heterocycles. The third-order valence-electron chi connectivity index (χ3n) is 1.54. The zero-order valence-corrected chi connectivity index (χ0v) is 12.0. The van der Waals surface area contributed by atoms with Crippen LogP contribution in [0.4, 0.5) is 10.5 Å². The van der Waals surface area contributed by atoms with Crippen molar-refractivity contribution in [2.75, 3.05) is 25.6 Å². The Morgan fingerprint density at radius 2 is 1.61 bits per heavy atom. The van der Waals surface area contributed by atoms with E-state index in [9.17, 15) is 4.79 Å².